The zero-order chi connectivity index (χ0) is 13.0. The first-order valence-electron chi connectivity index (χ1n) is 7.21. The number of fused-ring (bicyclic) bond motifs is 1. The fourth-order valence-corrected chi connectivity index (χ4v) is 2.82. The molecule has 1 aliphatic rings. The van der Waals surface area contributed by atoms with Crippen LogP contribution in [0, 0.1) is 5.92 Å². The van der Waals surface area contributed by atoms with E-state index >= 15 is 0 Å². The normalized spacial score (nSPS) is 17.3. The smallest absolute Gasteiger partial charge is 0.115 e. The second-order valence-electron chi connectivity index (χ2n) is 5.65. The molecule has 0 amide bonds. The highest BCUT2D eigenvalue weighted by atomic mass is 14.9. The molecule has 0 radical (unpaired) electrons. The highest BCUT2D eigenvalue weighted by Gasteiger charge is 2.18. The van der Waals surface area contributed by atoms with E-state index < -0.39 is 0 Å². The van der Waals surface area contributed by atoms with E-state index in [4.69, 9.17) is 0 Å². The lowest BCUT2D eigenvalue weighted by atomic mass is 9.95. The summed E-state index contributed by atoms with van der Waals surface area (Å²) in [5.41, 5.74) is 4.02. The number of aryl methyl sites for hydroxylation is 1. The maximum atomic E-state index is 4.55. The number of hydrogen-bond acceptors (Lipinski definition) is 3. The largest absolute Gasteiger partial charge is 0.316 e. The summed E-state index contributed by atoms with van der Waals surface area (Å²) in [5.74, 6) is 0.631. The quantitative estimate of drug-likeness (QED) is 0.831. The third kappa shape index (κ3) is 3.08. The Labute approximate surface area is 110 Å². The second kappa shape index (κ2) is 6.28. The van der Waals surface area contributed by atoms with E-state index in [-0.39, 0.29) is 0 Å². The first-order valence-corrected chi connectivity index (χ1v) is 7.21. The Balaban J connectivity index is 2.22. The van der Waals surface area contributed by atoms with Gasteiger partial charge in [0.25, 0.3) is 0 Å². The maximum Gasteiger partial charge on any atom is 0.115 e. The van der Waals surface area contributed by atoms with Gasteiger partial charge in [-0.25, -0.2) is 9.97 Å². The Morgan fingerprint density at radius 3 is 2.67 bits per heavy atom. The molecule has 1 heterocycles. The monoisotopic (exact) mass is 247 g/mol. The van der Waals surface area contributed by atoms with Crippen molar-refractivity contribution in [2.75, 3.05) is 7.05 Å². The zero-order valence-electron chi connectivity index (χ0n) is 11.9. The van der Waals surface area contributed by atoms with Crippen LogP contribution in [0.2, 0.25) is 0 Å². The van der Waals surface area contributed by atoms with E-state index in [1.165, 1.54) is 42.6 Å². The van der Waals surface area contributed by atoms with Crippen molar-refractivity contribution in [2.24, 2.45) is 5.92 Å². The van der Waals surface area contributed by atoms with Gasteiger partial charge in [-0.3, -0.25) is 0 Å². The standard InChI is InChI=1S/C15H25N3/c1-11(2)14(16-3)9-15-12-7-5-4-6-8-13(12)17-10-18-15/h10-11,14,16H,4-9H2,1-3H3. The molecule has 0 saturated carbocycles. The Hall–Kier alpha value is -0.960. The van der Waals surface area contributed by atoms with Crippen LogP contribution in [0.4, 0.5) is 0 Å². The molecule has 2 rings (SSSR count). The molecule has 0 aliphatic heterocycles. The highest BCUT2D eigenvalue weighted by molar-refractivity contribution is 5.27. The van der Waals surface area contributed by atoms with Crippen molar-refractivity contribution in [3.05, 3.63) is 23.3 Å². The van der Waals surface area contributed by atoms with Crippen LogP contribution in [-0.4, -0.2) is 23.1 Å². The van der Waals surface area contributed by atoms with E-state index in [1.807, 2.05) is 7.05 Å². The van der Waals surface area contributed by atoms with Gasteiger partial charge in [-0.05, 0) is 44.2 Å². The Kier molecular flexibility index (Phi) is 4.70. The molecule has 0 aromatic carbocycles. The van der Waals surface area contributed by atoms with Crippen molar-refractivity contribution in [1.82, 2.24) is 15.3 Å². The Morgan fingerprint density at radius 1 is 1.17 bits per heavy atom. The number of aromatic nitrogens is 2. The van der Waals surface area contributed by atoms with Crippen molar-refractivity contribution in [3.63, 3.8) is 0 Å². The van der Waals surface area contributed by atoms with Crippen LogP contribution in [0.25, 0.3) is 0 Å². The molecule has 1 N–H and O–H groups in total. The Morgan fingerprint density at radius 2 is 1.94 bits per heavy atom. The molecule has 18 heavy (non-hydrogen) atoms. The molecule has 1 aliphatic carbocycles. The fraction of sp³-hybridized carbons (Fsp3) is 0.733. The molecule has 0 saturated heterocycles. The van der Waals surface area contributed by atoms with Crippen LogP contribution >= 0.6 is 0 Å². The van der Waals surface area contributed by atoms with Gasteiger partial charge in [0.2, 0.25) is 0 Å². The van der Waals surface area contributed by atoms with E-state index in [0.717, 1.165) is 12.8 Å². The van der Waals surface area contributed by atoms with Gasteiger partial charge in [-0.15, -0.1) is 0 Å². The summed E-state index contributed by atoms with van der Waals surface area (Å²) in [7, 11) is 2.05. The predicted molar refractivity (Wildman–Crippen MR) is 74.7 cm³/mol. The summed E-state index contributed by atoms with van der Waals surface area (Å²) < 4.78 is 0. The van der Waals surface area contributed by atoms with Crippen molar-refractivity contribution in [2.45, 2.75) is 58.4 Å². The average molecular weight is 247 g/mol. The van der Waals surface area contributed by atoms with E-state index in [2.05, 4.69) is 29.1 Å². The van der Waals surface area contributed by atoms with Gasteiger partial charge in [0, 0.05) is 23.9 Å². The maximum absolute atomic E-state index is 4.55. The molecule has 1 unspecified atom stereocenters. The van der Waals surface area contributed by atoms with Crippen molar-refractivity contribution in [1.29, 1.82) is 0 Å². The third-order valence-corrected chi connectivity index (χ3v) is 4.05. The summed E-state index contributed by atoms with van der Waals surface area (Å²) in [6.45, 7) is 4.53. The summed E-state index contributed by atoms with van der Waals surface area (Å²) in [5, 5.41) is 3.41. The van der Waals surface area contributed by atoms with E-state index in [9.17, 15) is 0 Å². The van der Waals surface area contributed by atoms with Crippen molar-refractivity contribution in [3.8, 4) is 0 Å². The van der Waals surface area contributed by atoms with Crippen LogP contribution in [0.5, 0.6) is 0 Å². The van der Waals surface area contributed by atoms with E-state index in [1.54, 1.807) is 6.33 Å². The SMILES string of the molecule is CNC(Cc1ncnc2c1CCCCC2)C(C)C. The molecule has 1 aromatic rings. The molecule has 1 aromatic heterocycles. The van der Waals surface area contributed by atoms with Crippen LogP contribution < -0.4 is 5.32 Å². The summed E-state index contributed by atoms with van der Waals surface area (Å²) in [6.07, 6.45) is 8.99. The highest BCUT2D eigenvalue weighted by Crippen LogP contribution is 2.22. The molecule has 100 valence electrons. The minimum Gasteiger partial charge on any atom is -0.316 e. The van der Waals surface area contributed by atoms with Crippen molar-refractivity contribution >= 4 is 0 Å². The number of hydrogen-bond donors (Lipinski definition) is 1. The minimum atomic E-state index is 0.507. The molecular weight excluding hydrogens is 222 g/mol. The average Bonchev–Trinajstić information content (AvgIpc) is 2.61. The van der Waals surface area contributed by atoms with Crippen LogP contribution in [-0.2, 0) is 19.3 Å². The number of nitrogens with one attached hydrogen (secondary N) is 1. The van der Waals surface area contributed by atoms with Gasteiger partial charge in [-0.1, -0.05) is 20.3 Å². The molecule has 1 atom stereocenters. The molecule has 3 heteroatoms. The number of rotatable bonds is 4. The second-order valence-corrected chi connectivity index (χ2v) is 5.65. The first kappa shape index (κ1) is 13.5. The lowest BCUT2D eigenvalue weighted by Gasteiger charge is -2.21. The third-order valence-electron chi connectivity index (χ3n) is 4.05. The fourth-order valence-electron chi connectivity index (χ4n) is 2.82. The molecule has 0 spiro atoms. The summed E-state index contributed by atoms with van der Waals surface area (Å²) in [4.78, 5) is 9.04. The first-order chi connectivity index (χ1) is 8.72. The van der Waals surface area contributed by atoms with Crippen molar-refractivity contribution < 1.29 is 0 Å². The van der Waals surface area contributed by atoms with Crippen LogP contribution in [0.1, 0.15) is 50.1 Å². The molecule has 0 fully saturated rings. The summed E-state index contributed by atoms with van der Waals surface area (Å²) in [6, 6.07) is 0.507. The van der Waals surface area contributed by atoms with Gasteiger partial charge < -0.3 is 5.32 Å². The van der Waals surface area contributed by atoms with E-state index in [0.29, 0.717) is 12.0 Å². The van der Waals surface area contributed by atoms with Crippen LogP contribution in [0.3, 0.4) is 0 Å². The zero-order valence-corrected chi connectivity index (χ0v) is 11.9. The van der Waals surface area contributed by atoms with Gasteiger partial charge in [0.05, 0.1) is 0 Å². The Bertz CT molecular complexity index is 387. The van der Waals surface area contributed by atoms with Gasteiger partial charge >= 0.3 is 0 Å². The number of likely N-dealkylation sites (N-methyl/N-ethyl adjacent to an activating group) is 1. The minimum absolute atomic E-state index is 0.507. The molecular formula is C15H25N3. The lowest BCUT2D eigenvalue weighted by molar-refractivity contribution is 0.420. The molecule has 0 bridgehead atoms. The predicted octanol–water partition coefficient (Wildman–Crippen LogP) is 2.53. The lowest BCUT2D eigenvalue weighted by Crippen LogP contribution is -2.33. The topological polar surface area (TPSA) is 37.8 Å². The van der Waals surface area contributed by atoms with Gasteiger partial charge in [0.15, 0.2) is 0 Å². The molecule has 3 nitrogen and oxygen atoms in total. The van der Waals surface area contributed by atoms with Gasteiger partial charge in [0.1, 0.15) is 6.33 Å². The summed E-state index contributed by atoms with van der Waals surface area (Å²) >= 11 is 0. The van der Waals surface area contributed by atoms with Crippen LogP contribution in [0.15, 0.2) is 6.33 Å². The van der Waals surface area contributed by atoms with Gasteiger partial charge in [-0.2, -0.15) is 0 Å². The number of nitrogens with zero attached hydrogens (tertiary/aromatic N) is 2.